The van der Waals surface area contributed by atoms with E-state index in [2.05, 4.69) is 4.98 Å². The topological polar surface area (TPSA) is 48.5 Å². The van der Waals surface area contributed by atoms with Gasteiger partial charge in [-0.25, -0.2) is 9.37 Å². The summed E-state index contributed by atoms with van der Waals surface area (Å²) in [5.41, 5.74) is 0.160. The zero-order chi connectivity index (χ0) is 13.9. The average Bonchev–Trinajstić information content (AvgIpc) is 2.93. The lowest BCUT2D eigenvalue weighted by Crippen LogP contribution is -2.24. The van der Waals surface area contributed by atoms with Gasteiger partial charge in [-0.2, -0.15) is 0 Å². The Balaban J connectivity index is 1.73. The zero-order valence-electron chi connectivity index (χ0n) is 10.6. The molecule has 0 spiro atoms. The van der Waals surface area contributed by atoms with E-state index >= 15 is 0 Å². The fraction of sp³-hybridized carbons (Fsp3) is 0.143. The third-order valence-electron chi connectivity index (χ3n) is 2.95. The summed E-state index contributed by atoms with van der Waals surface area (Å²) in [5, 5.41) is 0. The number of aromatic nitrogens is 3. The minimum Gasteiger partial charge on any atom is -0.489 e. The summed E-state index contributed by atoms with van der Waals surface area (Å²) >= 11 is 0. The quantitative estimate of drug-likeness (QED) is 0.727. The van der Waals surface area contributed by atoms with E-state index in [4.69, 9.17) is 4.74 Å². The molecule has 0 aliphatic carbocycles. The Bertz CT molecular complexity index is 794. The van der Waals surface area contributed by atoms with Crippen LogP contribution < -0.4 is 10.3 Å². The second kappa shape index (κ2) is 5.16. The van der Waals surface area contributed by atoms with E-state index in [1.54, 1.807) is 47.4 Å². The molecule has 0 radical (unpaired) electrons. The number of nitrogens with zero attached hydrogens (tertiary/aromatic N) is 3. The largest absolute Gasteiger partial charge is 0.489 e. The third-order valence-corrected chi connectivity index (χ3v) is 2.95. The summed E-state index contributed by atoms with van der Waals surface area (Å²) in [6.07, 6.45) is 6.67. The molecule has 20 heavy (non-hydrogen) atoms. The third kappa shape index (κ3) is 2.27. The van der Waals surface area contributed by atoms with Gasteiger partial charge in [-0.1, -0.05) is 12.1 Å². The van der Waals surface area contributed by atoms with Crippen molar-refractivity contribution in [2.24, 2.45) is 0 Å². The molecule has 0 aliphatic heterocycles. The van der Waals surface area contributed by atoms with Crippen molar-refractivity contribution in [1.29, 1.82) is 0 Å². The Hall–Kier alpha value is -2.63. The number of benzene rings is 1. The standard InChI is InChI=1S/C14H12FN3O2/c15-11-3-1-2-4-12(11)20-10-9-18-8-7-17-6-5-16-13(17)14(18)19/h1-8H,9-10H2. The minimum absolute atomic E-state index is 0.183. The van der Waals surface area contributed by atoms with Crippen LogP contribution >= 0.6 is 0 Å². The van der Waals surface area contributed by atoms with Gasteiger partial charge in [0.1, 0.15) is 6.61 Å². The van der Waals surface area contributed by atoms with Crippen LogP contribution in [0.2, 0.25) is 0 Å². The molecule has 1 aromatic carbocycles. The van der Waals surface area contributed by atoms with Gasteiger partial charge in [0.25, 0.3) is 5.56 Å². The highest BCUT2D eigenvalue weighted by Crippen LogP contribution is 2.14. The van der Waals surface area contributed by atoms with Crippen LogP contribution in [0.15, 0.2) is 53.8 Å². The van der Waals surface area contributed by atoms with Crippen molar-refractivity contribution in [3.8, 4) is 5.75 Å². The molecule has 3 aromatic rings. The number of ether oxygens (including phenoxy) is 1. The van der Waals surface area contributed by atoms with E-state index in [1.165, 1.54) is 10.6 Å². The molecule has 0 aliphatic rings. The molecule has 6 heteroatoms. The Morgan fingerprint density at radius 1 is 1.20 bits per heavy atom. The smallest absolute Gasteiger partial charge is 0.294 e. The van der Waals surface area contributed by atoms with Crippen LogP contribution in [0.3, 0.4) is 0 Å². The lowest BCUT2D eigenvalue weighted by atomic mass is 10.3. The van der Waals surface area contributed by atoms with Crippen LogP contribution in [0.1, 0.15) is 0 Å². The van der Waals surface area contributed by atoms with Crippen molar-refractivity contribution in [3.05, 3.63) is 65.2 Å². The van der Waals surface area contributed by atoms with Crippen LogP contribution in [0.5, 0.6) is 5.75 Å². The first-order valence-corrected chi connectivity index (χ1v) is 6.15. The maximum atomic E-state index is 13.4. The molecule has 0 saturated carbocycles. The van der Waals surface area contributed by atoms with Gasteiger partial charge in [-0.05, 0) is 12.1 Å². The highest BCUT2D eigenvalue weighted by atomic mass is 19.1. The van der Waals surface area contributed by atoms with Gasteiger partial charge in [0, 0.05) is 24.8 Å². The van der Waals surface area contributed by atoms with Crippen molar-refractivity contribution >= 4 is 5.65 Å². The second-order valence-corrected chi connectivity index (χ2v) is 4.23. The van der Waals surface area contributed by atoms with Crippen LogP contribution in [0.4, 0.5) is 4.39 Å². The van der Waals surface area contributed by atoms with Crippen molar-refractivity contribution in [1.82, 2.24) is 14.0 Å². The molecule has 0 unspecified atom stereocenters. The normalized spacial score (nSPS) is 10.8. The maximum Gasteiger partial charge on any atom is 0.294 e. The van der Waals surface area contributed by atoms with E-state index in [-0.39, 0.29) is 17.9 Å². The summed E-state index contributed by atoms with van der Waals surface area (Å²) in [7, 11) is 0. The zero-order valence-corrected chi connectivity index (χ0v) is 10.6. The van der Waals surface area contributed by atoms with Gasteiger partial charge >= 0.3 is 0 Å². The van der Waals surface area contributed by atoms with Gasteiger partial charge in [0.2, 0.25) is 5.65 Å². The van der Waals surface area contributed by atoms with Gasteiger partial charge in [0.05, 0.1) is 6.54 Å². The van der Waals surface area contributed by atoms with Crippen molar-refractivity contribution < 1.29 is 9.13 Å². The van der Waals surface area contributed by atoms with E-state index in [0.29, 0.717) is 12.2 Å². The fourth-order valence-electron chi connectivity index (χ4n) is 1.94. The molecule has 3 rings (SSSR count). The molecule has 5 nitrogen and oxygen atoms in total. The monoisotopic (exact) mass is 273 g/mol. The first kappa shape index (κ1) is 12.4. The molecular weight excluding hydrogens is 261 g/mol. The average molecular weight is 273 g/mol. The number of halogens is 1. The van der Waals surface area contributed by atoms with Crippen LogP contribution in [-0.2, 0) is 6.54 Å². The van der Waals surface area contributed by atoms with Gasteiger partial charge in [-0.15, -0.1) is 0 Å². The van der Waals surface area contributed by atoms with Crippen molar-refractivity contribution in [2.45, 2.75) is 6.54 Å². The Morgan fingerprint density at radius 3 is 2.90 bits per heavy atom. The SMILES string of the molecule is O=c1c2nccn2ccn1CCOc1ccccc1F. The van der Waals surface area contributed by atoms with Crippen molar-refractivity contribution in [2.75, 3.05) is 6.61 Å². The minimum atomic E-state index is -0.413. The fourth-order valence-corrected chi connectivity index (χ4v) is 1.94. The predicted octanol–water partition coefficient (Wildman–Crippen LogP) is 1.71. The predicted molar refractivity (Wildman–Crippen MR) is 71.3 cm³/mol. The van der Waals surface area contributed by atoms with Gasteiger partial charge in [-0.3, -0.25) is 4.79 Å². The summed E-state index contributed by atoms with van der Waals surface area (Å²) in [5.74, 6) is -0.231. The van der Waals surface area contributed by atoms with E-state index in [1.807, 2.05) is 0 Å². The molecule has 0 saturated heterocycles. The van der Waals surface area contributed by atoms with E-state index in [0.717, 1.165) is 0 Å². The summed E-state index contributed by atoms with van der Waals surface area (Å²) < 4.78 is 21.8. The Kier molecular flexibility index (Phi) is 3.20. The highest BCUT2D eigenvalue weighted by molar-refractivity contribution is 5.34. The first-order chi connectivity index (χ1) is 9.75. The number of hydrogen-bond donors (Lipinski definition) is 0. The lowest BCUT2D eigenvalue weighted by Gasteiger charge is -2.09. The number of imidazole rings is 1. The number of rotatable bonds is 4. The lowest BCUT2D eigenvalue weighted by molar-refractivity contribution is 0.282. The summed E-state index contributed by atoms with van der Waals surface area (Å²) in [4.78, 5) is 16.0. The van der Waals surface area contributed by atoms with Crippen LogP contribution in [-0.4, -0.2) is 20.6 Å². The highest BCUT2D eigenvalue weighted by Gasteiger charge is 2.05. The summed E-state index contributed by atoms with van der Waals surface area (Å²) in [6.45, 7) is 0.536. The van der Waals surface area contributed by atoms with E-state index < -0.39 is 5.82 Å². The molecule has 0 bridgehead atoms. The number of fused-ring (bicyclic) bond motifs is 1. The second-order valence-electron chi connectivity index (χ2n) is 4.23. The van der Waals surface area contributed by atoms with Gasteiger partial charge in [0.15, 0.2) is 11.6 Å². The van der Waals surface area contributed by atoms with Crippen LogP contribution in [0.25, 0.3) is 5.65 Å². The summed E-state index contributed by atoms with van der Waals surface area (Å²) in [6, 6.07) is 6.17. The molecule has 2 heterocycles. The molecule has 2 aromatic heterocycles. The molecule has 102 valence electrons. The molecule has 0 amide bonds. The van der Waals surface area contributed by atoms with Crippen LogP contribution in [0, 0.1) is 5.82 Å². The Morgan fingerprint density at radius 2 is 2.05 bits per heavy atom. The Labute approximate surface area is 113 Å². The number of para-hydroxylation sites is 1. The molecule has 0 atom stereocenters. The molecule has 0 N–H and O–H groups in total. The first-order valence-electron chi connectivity index (χ1n) is 6.15. The van der Waals surface area contributed by atoms with E-state index in [9.17, 15) is 9.18 Å². The number of hydrogen-bond acceptors (Lipinski definition) is 3. The molecular formula is C14H12FN3O2. The van der Waals surface area contributed by atoms with Crippen molar-refractivity contribution in [3.63, 3.8) is 0 Å². The molecule has 0 fully saturated rings. The van der Waals surface area contributed by atoms with Gasteiger partial charge < -0.3 is 13.7 Å². The maximum absolute atomic E-state index is 13.4.